The fraction of sp³-hybridized carbons (Fsp3) is 0.250. The summed E-state index contributed by atoms with van der Waals surface area (Å²) in [5, 5.41) is 9.02. The van der Waals surface area contributed by atoms with Crippen LogP contribution in [0.1, 0.15) is 6.92 Å². The quantitative estimate of drug-likeness (QED) is 0.853. The topological polar surface area (TPSA) is 29.5 Å². The van der Waals surface area contributed by atoms with Crippen LogP contribution in [0.25, 0.3) is 0 Å². The maximum absolute atomic E-state index is 12.8. The molecule has 0 aliphatic rings. The molecule has 1 N–H and O–H groups in total. The van der Waals surface area contributed by atoms with Crippen molar-refractivity contribution in [3.63, 3.8) is 0 Å². The molecule has 0 aliphatic heterocycles. The van der Waals surface area contributed by atoms with Crippen LogP contribution in [0.4, 0.5) is 4.39 Å². The normalized spacial score (nSPS) is 9.92. The van der Waals surface area contributed by atoms with E-state index in [9.17, 15) is 4.39 Å². The smallest absolute Gasteiger partial charge is 0.169 e. The summed E-state index contributed by atoms with van der Waals surface area (Å²) in [7, 11) is 0. The summed E-state index contributed by atoms with van der Waals surface area (Å²) in [5.41, 5.74) is 0. The van der Waals surface area contributed by atoms with Crippen LogP contribution in [0.2, 0.25) is 0 Å². The van der Waals surface area contributed by atoms with Crippen LogP contribution in [0.3, 0.4) is 0 Å². The Morgan fingerprint density at radius 3 is 2.75 bits per heavy atom. The Labute approximate surface area is 78.1 Å². The molecule has 0 unspecified atom stereocenters. The second kappa shape index (κ2) is 3.76. The van der Waals surface area contributed by atoms with Crippen molar-refractivity contribution in [1.29, 1.82) is 0 Å². The van der Waals surface area contributed by atoms with E-state index in [1.54, 1.807) is 6.92 Å². The minimum Gasteiger partial charge on any atom is -0.504 e. The van der Waals surface area contributed by atoms with E-state index < -0.39 is 11.6 Å². The van der Waals surface area contributed by atoms with Gasteiger partial charge in [0.25, 0.3) is 0 Å². The predicted octanol–water partition coefficient (Wildman–Crippen LogP) is 2.69. The molecule has 1 rings (SSSR count). The van der Waals surface area contributed by atoms with Crippen molar-refractivity contribution in [1.82, 2.24) is 0 Å². The van der Waals surface area contributed by atoms with Crippen LogP contribution in [0.5, 0.6) is 11.5 Å². The van der Waals surface area contributed by atoms with Crippen LogP contribution in [-0.2, 0) is 0 Å². The second-order valence-corrected chi connectivity index (χ2v) is 3.02. The maximum Gasteiger partial charge on any atom is 0.169 e. The van der Waals surface area contributed by atoms with Crippen LogP contribution >= 0.6 is 15.9 Å². The first-order valence-corrected chi connectivity index (χ1v) is 4.25. The van der Waals surface area contributed by atoms with Gasteiger partial charge >= 0.3 is 0 Å². The molecule has 2 nitrogen and oxygen atoms in total. The third kappa shape index (κ3) is 1.88. The van der Waals surface area contributed by atoms with Crippen molar-refractivity contribution in [2.24, 2.45) is 0 Å². The molecule has 4 heteroatoms. The zero-order valence-corrected chi connectivity index (χ0v) is 8.06. The van der Waals surface area contributed by atoms with Gasteiger partial charge in [0.15, 0.2) is 11.6 Å². The summed E-state index contributed by atoms with van der Waals surface area (Å²) >= 11 is 3.00. The Kier molecular flexibility index (Phi) is 2.92. The number of ether oxygens (including phenoxy) is 1. The lowest BCUT2D eigenvalue weighted by atomic mass is 10.3. The monoisotopic (exact) mass is 234 g/mol. The molecule has 12 heavy (non-hydrogen) atoms. The summed E-state index contributed by atoms with van der Waals surface area (Å²) in [5.74, 6) is -0.675. The van der Waals surface area contributed by atoms with Gasteiger partial charge in [-0.25, -0.2) is 4.39 Å². The van der Waals surface area contributed by atoms with Gasteiger partial charge in [-0.15, -0.1) is 0 Å². The molecule has 0 aromatic heterocycles. The molecule has 1 aromatic carbocycles. The van der Waals surface area contributed by atoms with Gasteiger partial charge < -0.3 is 9.84 Å². The molecular formula is C8H8BrFO2. The zero-order chi connectivity index (χ0) is 9.14. The van der Waals surface area contributed by atoms with E-state index >= 15 is 0 Å². The van der Waals surface area contributed by atoms with Crippen molar-refractivity contribution in [2.45, 2.75) is 6.92 Å². The average molecular weight is 235 g/mol. The van der Waals surface area contributed by atoms with E-state index in [4.69, 9.17) is 9.84 Å². The van der Waals surface area contributed by atoms with Crippen molar-refractivity contribution in [2.75, 3.05) is 6.61 Å². The molecule has 0 heterocycles. The lowest BCUT2D eigenvalue weighted by molar-refractivity contribution is 0.335. The van der Waals surface area contributed by atoms with E-state index in [0.717, 1.165) is 6.07 Å². The lowest BCUT2D eigenvalue weighted by Gasteiger charge is -2.04. The highest BCUT2D eigenvalue weighted by atomic mass is 79.9. The number of phenolic OH excluding ortho intramolecular Hbond substituents is 1. The lowest BCUT2D eigenvalue weighted by Crippen LogP contribution is -1.92. The highest BCUT2D eigenvalue weighted by molar-refractivity contribution is 9.10. The van der Waals surface area contributed by atoms with Gasteiger partial charge in [0, 0.05) is 6.07 Å². The molecule has 0 saturated carbocycles. The highest BCUT2D eigenvalue weighted by Crippen LogP contribution is 2.31. The minimum absolute atomic E-state index is 0.297. The first kappa shape index (κ1) is 9.32. The van der Waals surface area contributed by atoms with Crippen molar-refractivity contribution in [3.05, 3.63) is 22.4 Å². The largest absolute Gasteiger partial charge is 0.504 e. The summed E-state index contributed by atoms with van der Waals surface area (Å²) in [4.78, 5) is 0. The van der Waals surface area contributed by atoms with Gasteiger partial charge in [0.05, 0.1) is 11.1 Å². The Morgan fingerprint density at radius 2 is 2.25 bits per heavy atom. The molecule has 0 aliphatic carbocycles. The van der Waals surface area contributed by atoms with Crippen molar-refractivity contribution >= 4 is 15.9 Å². The summed E-state index contributed by atoms with van der Waals surface area (Å²) in [6, 6.07) is 2.66. The minimum atomic E-state index is -0.687. The van der Waals surface area contributed by atoms with Crippen molar-refractivity contribution in [3.8, 4) is 11.5 Å². The van der Waals surface area contributed by atoms with Gasteiger partial charge in [-0.05, 0) is 28.9 Å². The summed E-state index contributed by atoms with van der Waals surface area (Å²) < 4.78 is 18.1. The number of hydrogen-bond acceptors (Lipinski definition) is 2. The first-order valence-electron chi connectivity index (χ1n) is 3.46. The fourth-order valence-electron chi connectivity index (χ4n) is 0.792. The van der Waals surface area contributed by atoms with Crippen LogP contribution in [0, 0.1) is 5.82 Å². The van der Waals surface area contributed by atoms with Gasteiger partial charge in [0.2, 0.25) is 0 Å². The number of phenols is 1. The molecular weight excluding hydrogens is 227 g/mol. The molecule has 0 bridgehead atoms. The van der Waals surface area contributed by atoms with Gasteiger partial charge in [-0.2, -0.15) is 0 Å². The maximum atomic E-state index is 12.8. The molecule has 0 spiro atoms. The first-order chi connectivity index (χ1) is 5.65. The van der Waals surface area contributed by atoms with E-state index in [-0.39, 0.29) is 0 Å². The number of hydrogen-bond donors (Lipinski definition) is 1. The zero-order valence-electron chi connectivity index (χ0n) is 6.47. The number of aromatic hydroxyl groups is 1. The second-order valence-electron chi connectivity index (χ2n) is 2.17. The molecule has 66 valence electrons. The Morgan fingerprint density at radius 1 is 1.58 bits per heavy atom. The van der Waals surface area contributed by atoms with Gasteiger partial charge in [-0.1, -0.05) is 0 Å². The third-order valence-corrected chi connectivity index (χ3v) is 1.91. The van der Waals surface area contributed by atoms with E-state index in [1.807, 2.05) is 0 Å². The Hall–Kier alpha value is -0.770. The fourth-order valence-corrected chi connectivity index (χ4v) is 1.21. The van der Waals surface area contributed by atoms with E-state index in [0.29, 0.717) is 16.8 Å². The number of halogens is 2. The predicted molar refractivity (Wildman–Crippen MR) is 46.9 cm³/mol. The van der Waals surface area contributed by atoms with Gasteiger partial charge in [-0.3, -0.25) is 0 Å². The molecule has 1 aromatic rings. The van der Waals surface area contributed by atoms with E-state index in [2.05, 4.69) is 15.9 Å². The molecule has 0 fully saturated rings. The van der Waals surface area contributed by atoms with Crippen molar-refractivity contribution < 1.29 is 14.2 Å². The summed E-state index contributed by atoms with van der Waals surface area (Å²) in [6.07, 6.45) is 0. The average Bonchev–Trinajstić information content (AvgIpc) is 2.01. The molecule has 0 amide bonds. The third-order valence-electron chi connectivity index (χ3n) is 1.30. The highest BCUT2D eigenvalue weighted by Gasteiger charge is 2.07. The molecule has 0 atom stereocenters. The molecule has 0 saturated heterocycles. The molecule has 0 radical (unpaired) electrons. The summed E-state index contributed by atoms with van der Waals surface area (Å²) in [6.45, 7) is 2.27. The van der Waals surface area contributed by atoms with Gasteiger partial charge in [0.1, 0.15) is 5.75 Å². The van der Waals surface area contributed by atoms with E-state index in [1.165, 1.54) is 6.07 Å². The Balaban J connectivity index is 3.04. The SMILES string of the molecule is CCOc1cc(F)c(O)c(Br)c1. The number of benzene rings is 1. The van der Waals surface area contributed by atoms with Crippen LogP contribution in [-0.4, -0.2) is 11.7 Å². The van der Waals surface area contributed by atoms with Crippen LogP contribution in [0.15, 0.2) is 16.6 Å². The number of rotatable bonds is 2. The van der Waals surface area contributed by atoms with Crippen LogP contribution < -0.4 is 4.74 Å². The standard InChI is InChI=1S/C8H8BrFO2/c1-2-12-5-3-6(9)8(11)7(10)4-5/h3-4,11H,2H2,1H3. The Bertz CT molecular complexity index is 265.